The number of ketones is 1. The number of carboxylic acid groups (broad SMARTS) is 1. The molecule has 0 heterocycles. The van der Waals surface area contributed by atoms with E-state index in [0.717, 1.165) is 25.7 Å². The van der Waals surface area contributed by atoms with Crippen molar-refractivity contribution in [2.45, 2.75) is 123 Å². The lowest BCUT2D eigenvalue weighted by atomic mass is 9.89. The van der Waals surface area contributed by atoms with E-state index in [4.69, 9.17) is 9.53 Å². The van der Waals surface area contributed by atoms with E-state index in [-0.39, 0.29) is 23.5 Å². The lowest BCUT2D eigenvalue weighted by Gasteiger charge is -2.41. The van der Waals surface area contributed by atoms with E-state index in [1.54, 1.807) is 0 Å². The van der Waals surface area contributed by atoms with Crippen LogP contribution < -0.4 is 0 Å². The second-order valence-electron chi connectivity index (χ2n) is 11.1. The maximum atomic E-state index is 12.5. The second kappa shape index (κ2) is 13.5. The van der Waals surface area contributed by atoms with Gasteiger partial charge in [-0.1, -0.05) is 71.3 Å². The van der Waals surface area contributed by atoms with Crippen molar-refractivity contribution < 1.29 is 19.1 Å². The molecule has 0 bridgehead atoms. The lowest BCUT2D eigenvalue weighted by molar-refractivity contribution is -0.137. The number of rotatable bonds is 15. The second-order valence-corrected chi connectivity index (χ2v) is 15.8. The van der Waals surface area contributed by atoms with E-state index < -0.39 is 14.3 Å². The third-order valence-electron chi connectivity index (χ3n) is 7.32. The summed E-state index contributed by atoms with van der Waals surface area (Å²) in [5.41, 5.74) is 1.27. The standard InChI is InChI=1S/C27H48O4Si/c1-8-9-14-21(2)25(31-32(6,7)27(3,4)5)20-18-22-17-19-24(28)23(22)15-12-10-11-13-16-26(29)30/h10,12,17,21,23,25H,8-9,11,13-16,18-20H2,1-7H3,(H,29,30)/b12-10-/t21?,23-,25?/m1/s1. The number of allylic oxidation sites excluding steroid dienone is 4. The van der Waals surface area contributed by atoms with Gasteiger partial charge in [-0.2, -0.15) is 0 Å². The van der Waals surface area contributed by atoms with Gasteiger partial charge in [0, 0.05) is 24.9 Å². The topological polar surface area (TPSA) is 63.6 Å². The van der Waals surface area contributed by atoms with Crippen LogP contribution in [0.4, 0.5) is 0 Å². The smallest absolute Gasteiger partial charge is 0.303 e. The quantitative estimate of drug-likeness (QED) is 0.153. The molecule has 1 aliphatic carbocycles. The van der Waals surface area contributed by atoms with Gasteiger partial charge in [-0.15, -0.1) is 0 Å². The Balaban J connectivity index is 2.73. The van der Waals surface area contributed by atoms with Crippen molar-refractivity contribution in [1.82, 2.24) is 0 Å². The molecule has 4 nitrogen and oxygen atoms in total. The summed E-state index contributed by atoms with van der Waals surface area (Å²) in [6.45, 7) is 16.1. The van der Waals surface area contributed by atoms with Gasteiger partial charge in [0.25, 0.3) is 0 Å². The summed E-state index contributed by atoms with van der Waals surface area (Å²) in [7, 11) is -1.86. The number of unbranched alkanes of at least 4 members (excludes halogenated alkanes) is 2. The number of carboxylic acids is 1. The molecule has 0 saturated heterocycles. The molecule has 3 atom stereocenters. The molecule has 0 aromatic heterocycles. The summed E-state index contributed by atoms with van der Waals surface area (Å²) in [6, 6.07) is 0. The van der Waals surface area contributed by atoms with Crippen LogP contribution in [0.25, 0.3) is 0 Å². The van der Waals surface area contributed by atoms with Crippen LogP contribution in [0.3, 0.4) is 0 Å². The molecule has 0 aromatic rings. The molecule has 0 fully saturated rings. The Kier molecular flexibility index (Phi) is 12.2. The van der Waals surface area contributed by atoms with Crippen LogP contribution in [0.1, 0.15) is 98.8 Å². The van der Waals surface area contributed by atoms with Gasteiger partial charge in [0.15, 0.2) is 8.32 Å². The highest BCUT2D eigenvalue weighted by Crippen LogP contribution is 2.40. The molecule has 1 aliphatic rings. The first-order chi connectivity index (χ1) is 14.9. The Morgan fingerprint density at radius 2 is 1.94 bits per heavy atom. The minimum Gasteiger partial charge on any atom is -0.481 e. The minimum absolute atomic E-state index is 0.00908. The highest BCUT2D eigenvalue weighted by atomic mass is 28.4. The van der Waals surface area contributed by atoms with E-state index >= 15 is 0 Å². The molecule has 0 saturated carbocycles. The first-order valence-corrected chi connectivity index (χ1v) is 15.6. The summed E-state index contributed by atoms with van der Waals surface area (Å²) >= 11 is 0. The molecule has 0 aliphatic heterocycles. The molecule has 1 rings (SSSR count). The Hall–Kier alpha value is -1.20. The number of hydrogen-bond donors (Lipinski definition) is 1. The van der Waals surface area contributed by atoms with Crippen LogP contribution in [0.15, 0.2) is 23.8 Å². The number of carbonyl (C=O) groups is 2. The zero-order valence-electron chi connectivity index (χ0n) is 21.7. The zero-order valence-corrected chi connectivity index (χ0v) is 22.7. The number of carbonyl (C=O) groups excluding carboxylic acids is 1. The zero-order chi connectivity index (χ0) is 24.4. The van der Waals surface area contributed by atoms with Crippen molar-refractivity contribution >= 4 is 20.1 Å². The molecular formula is C27H48O4Si. The predicted octanol–water partition coefficient (Wildman–Crippen LogP) is 7.70. The van der Waals surface area contributed by atoms with Crippen molar-refractivity contribution in [3.05, 3.63) is 23.8 Å². The van der Waals surface area contributed by atoms with Crippen LogP contribution in [0.5, 0.6) is 0 Å². The molecule has 5 heteroatoms. The van der Waals surface area contributed by atoms with Crippen molar-refractivity contribution in [2.75, 3.05) is 0 Å². The fraction of sp³-hybridized carbons (Fsp3) is 0.778. The Morgan fingerprint density at radius 1 is 1.25 bits per heavy atom. The predicted molar refractivity (Wildman–Crippen MR) is 136 cm³/mol. The molecule has 0 amide bonds. The van der Waals surface area contributed by atoms with Crippen LogP contribution in [-0.2, 0) is 14.0 Å². The monoisotopic (exact) mass is 464 g/mol. The van der Waals surface area contributed by atoms with Crippen LogP contribution >= 0.6 is 0 Å². The summed E-state index contributed by atoms with van der Waals surface area (Å²) in [5.74, 6) is 0.0767. The molecule has 0 spiro atoms. The Morgan fingerprint density at radius 3 is 2.53 bits per heavy atom. The van der Waals surface area contributed by atoms with Gasteiger partial charge in [0.1, 0.15) is 5.78 Å². The fourth-order valence-corrected chi connectivity index (χ4v) is 5.50. The van der Waals surface area contributed by atoms with Gasteiger partial charge < -0.3 is 9.53 Å². The normalized spacial score (nSPS) is 19.4. The van der Waals surface area contributed by atoms with E-state index in [1.165, 1.54) is 24.8 Å². The number of aliphatic carboxylic acids is 1. The van der Waals surface area contributed by atoms with E-state index in [2.05, 4.69) is 59.9 Å². The minimum atomic E-state index is -1.86. The van der Waals surface area contributed by atoms with Gasteiger partial charge in [-0.05, 0) is 62.6 Å². The first-order valence-electron chi connectivity index (χ1n) is 12.6. The highest BCUT2D eigenvalue weighted by Gasteiger charge is 2.40. The number of hydrogen-bond acceptors (Lipinski definition) is 3. The third kappa shape index (κ3) is 9.74. The maximum Gasteiger partial charge on any atom is 0.303 e. The average Bonchev–Trinajstić information content (AvgIpc) is 3.04. The summed E-state index contributed by atoms with van der Waals surface area (Å²) < 4.78 is 6.89. The van der Waals surface area contributed by atoms with E-state index in [9.17, 15) is 9.59 Å². The van der Waals surface area contributed by atoms with Crippen LogP contribution in [-0.4, -0.2) is 31.3 Å². The largest absolute Gasteiger partial charge is 0.481 e. The Labute approximate surface area is 198 Å². The Bertz CT molecular complexity index is 657. The molecule has 0 aromatic carbocycles. The van der Waals surface area contributed by atoms with Gasteiger partial charge >= 0.3 is 5.97 Å². The summed E-state index contributed by atoms with van der Waals surface area (Å²) in [4.78, 5) is 23.1. The molecule has 1 N–H and O–H groups in total. The van der Waals surface area contributed by atoms with Gasteiger partial charge in [0.2, 0.25) is 0 Å². The van der Waals surface area contributed by atoms with Gasteiger partial charge in [-0.25, -0.2) is 0 Å². The lowest BCUT2D eigenvalue weighted by Crippen LogP contribution is -2.45. The van der Waals surface area contributed by atoms with Gasteiger partial charge in [-0.3, -0.25) is 9.59 Å². The van der Waals surface area contributed by atoms with Crippen LogP contribution in [0.2, 0.25) is 18.1 Å². The van der Waals surface area contributed by atoms with Gasteiger partial charge in [0.05, 0.1) is 0 Å². The van der Waals surface area contributed by atoms with E-state index in [1.807, 2.05) is 6.08 Å². The summed E-state index contributed by atoms with van der Waals surface area (Å²) in [6.07, 6.45) is 14.9. The first kappa shape index (κ1) is 28.8. The molecule has 184 valence electrons. The van der Waals surface area contributed by atoms with E-state index in [0.29, 0.717) is 24.5 Å². The summed E-state index contributed by atoms with van der Waals surface area (Å²) in [5, 5.41) is 8.92. The molecular weight excluding hydrogens is 416 g/mol. The number of Topliss-reactive ketones (excluding diaryl/α,β-unsaturated/α-hetero) is 1. The molecule has 2 unspecified atom stereocenters. The fourth-order valence-electron chi connectivity index (χ4n) is 4.04. The maximum absolute atomic E-state index is 12.5. The molecule has 0 radical (unpaired) electrons. The highest BCUT2D eigenvalue weighted by molar-refractivity contribution is 6.74. The van der Waals surface area contributed by atoms with Crippen molar-refractivity contribution in [3.63, 3.8) is 0 Å². The van der Waals surface area contributed by atoms with Crippen molar-refractivity contribution in [1.29, 1.82) is 0 Å². The average molecular weight is 465 g/mol. The SMILES string of the molecule is CCCCC(C)C(CCC1=CCC(=O)[C@@H]1C/C=C\CCCC(=O)O)O[Si](C)(C)C(C)(C)C. The van der Waals surface area contributed by atoms with Crippen LogP contribution in [0, 0.1) is 11.8 Å². The van der Waals surface area contributed by atoms with Crippen molar-refractivity contribution in [2.24, 2.45) is 11.8 Å². The third-order valence-corrected chi connectivity index (χ3v) is 11.8. The molecule has 32 heavy (non-hydrogen) atoms. The van der Waals surface area contributed by atoms with Crippen molar-refractivity contribution in [3.8, 4) is 0 Å².